The van der Waals surface area contributed by atoms with Crippen LogP contribution in [0.2, 0.25) is 0 Å². The van der Waals surface area contributed by atoms with Crippen molar-refractivity contribution in [1.29, 1.82) is 0 Å². The van der Waals surface area contributed by atoms with E-state index in [1.165, 1.54) is 13.2 Å². The maximum atomic E-state index is 10.7. The molecule has 1 rings (SSSR count). The van der Waals surface area contributed by atoms with Crippen molar-refractivity contribution >= 4 is 5.97 Å². The standard InChI is InChI=1S/C10H15N3O2/c1-15-10(14)4-7-11-5-2-8-13-9-3-6-12-13/h3-4,6-7,9,11H,2,5,8H2,1H3/b7-4+. The van der Waals surface area contributed by atoms with Crippen LogP contribution in [0, 0.1) is 0 Å². The van der Waals surface area contributed by atoms with Crippen molar-refractivity contribution in [2.75, 3.05) is 13.7 Å². The molecule has 0 atom stereocenters. The Morgan fingerprint density at radius 2 is 2.53 bits per heavy atom. The number of esters is 1. The summed E-state index contributed by atoms with van der Waals surface area (Å²) in [7, 11) is 1.35. The van der Waals surface area contributed by atoms with Crippen molar-refractivity contribution in [3.63, 3.8) is 0 Å². The van der Waals surface area contributed by atoms with Crippen LogP contribution in [0.15, 0.2) is 30.7 Å². The van der Waals surface area contributed by atoms with E-state index in [2.05, 4.69) is 15.2 Å². The van der Waals surface area contributed by atoms with E-state index >= 15 is 0 Å². The highest BCUT2D eigenvalue weighted by Crippen LogP contribution is 1.87. The lowest BCUT2D eigenvalue weighted by atomic mass is 10.4. The summed E-state index contributed by atoms with van der Waals surface area (Å²) >= 11 is 0. The van der Waals surface area contributed by atoms with Crippen molar-refractivity contribution in [3.8, 4) is 0 Å². The van der Waals surface area contributed by atoms with Gasteiger partial charge in [0, 0.05) is 37.8 Å². The Labute approximate surface area is 88.7 Å². The molecule has 0 aromatic carbocycles. The molecule has 0 unspecified atom stereocenters. The topological polar surface area (TPSA) is 56.1 Å². The molecule has 0 aliphatic carbocycles. The Hall–Kier alpha value is -1.78. The van der Waals surface area contributed by atoms with E-state index in [1.807, 2.05) is 16.9 Å². The zero-order valence-corrected chi connectivity index (χ0v) is 8.72. The number of rotatable bonds is 6. The number of carbonyl (C=O) groups excluding carboxylic acids is 1. The highest BCUT2D eigenvalue weighted by molar-refractivity contribution is 5.81. The fraction of sp³-hybridized carbons (Fsp3) is 0.400. The number of aryl methyl sites for hydroxylation is 1. The number of hydrogen-bond acceptors (Lipinski definition) is 4. The van der Waals surface area contributed by atoms with Crippen LogP contribution in [0.25, 0.3) is 0 Å². The van der Waals surface area contributed by atoms with Gasteiger partial charge in [-0.25, -0.2) is 4.79 Å². The maximum Gasteiger partial charge on any atom is 0.331 e. The minimum Gasteiger partial charge on any atom is -0.466 e. The molecule has 5 heteroatoms. The molecule has 0 aliphatic rings. The normalized spacial score (nSPS) is 10.5. The Bertz CT molecular complexity index is 306. The zero-order chi connectivity index (χ0) is 10.9. The summed E-state index contributed by atoms with van der Waals surface area (Å²) in [5.41, 5.74) is 0. The Kier molecular flexibility index (Phi) is 5.00. The SMILES string of the molecule is COC(=O)/C=C/NCCCn1cccn1. The second-order valence-electron chi connectivity index (χ2n) is 2.93. The highest BCUT2D eigenvalue weighted by Gasteiger charge is 1.90. The van der Waals surface area contributed by atoms with Crippen LogP contribution in [0.1, 0.15) is 6.42 Å². The third-order valence-electron chi connectivity index (χ3n) is 1.81. The molecule has 5 nitrogen and oxygen atoms in total. The molecule has 15 heavy (non-hydrogen) atoms. The number of hydrogen-bond donors (Lipinski definition) is 1. The predicted octanol–water partition coefficient (Wildman–Crippen LogP) is 0.549. The van der Waals surface area contributed by atoms with Gasteiger partial charge in [0.05, 0.1) is 7.11 Å². The van der Waals surface area contributed by atoms with Crippen LogP contribution >= 0.6 is 0 Å². The van der Waals surface area contributed by atoms with Gasteiger partial charge in [-0.05, 0) is 12.5 Å². The first-order chi connectivity index (χ1) is 7.33. The maximum absolute atomic E-state index is 10.7. The molecule has 0 aliphatic heterocycles. The molecule has 0 radical (unpaired) electrons. The van der Waals surface area contributed by atoms with Gasteiger partial charge in [-0.15, -0.1) is 0 Å². The van der Waals surface area contributed by atoms with Gasteiger partial charge in [0.15, 0.2) is 0 Å². The third kappa shape index (κ3) is 4.85. The van der Waals surface area contributed by atoms with Gasteiger partial charge >= 0.3 is 5.97 Å². The quantitative estimate of drug-likeness (QED) is 0.422. The van der Waals surface area contributed by atoms with E-state index < -0.39 is 0 Å². The minimum atomic E-state index is -0.352. The number of methoxy groups -OCH3 is 1. The molecule has 0 saturated heterocycles. The largest absolute Gasteiger partial charge is 0.466 e. The average molecular weight is 209 g/mol. The Balaban J connectivity index is 2.02. The lowest BCUT2D eigenvalue weighted by Crippen LogP contribution is -2.11. The monoisotopic (exact) mass is 209 g/mol. The highest BCUT2D eigenvalue weighted by atomic mass is 16.5. The molecule has 82 valence electrons. The number of ether oxygens (including phenoxy) is 1. The number of carbonyl (C=O) groups is 1. The summed E-state index contributed by atoms with van der Waals surface area (Å²) in [6.07, 6.45) is 7.57. The van der Waals surface area contributed by atoms with Crippen LogP contribution in [0.4, 0.5) is 0 Å². The number of aromatic nitrogens is 2. The van der Waals surface area contributed by atoms with Crippen molar-refractivity contribution in [2.45, 2.75) is 13.0 Å². The van der Waals surface area contributed by atoms with Crippen LogP contribution < -0.4 is 5.32 Å². The molecule has 0 bridgehead atoms. The van der Waals surface area contributed by atoms with Crippen LogP contribution in [0.3, 0.4) is 0 Å². The summed E-state index contributed by atoms with van der Waals surface area (Å²) < 4.78 is 6.30. The first-order valence-corrected chi connectivity index (χ1v) is 4.78. The Morgan fingerprint density at radius 1 is 1.67 bits per heavy atom. The summed E-state index contributed by atoms with van der Waals surface area (Å²) in [6.45, 7) is 1.67. The van der Waals surface area contributed by atoms with Crippen LogP contribution in [0.5, 0.6) is 0 Å². The second-order valence-corrected chi connectivity index (χ2v) is 2.93. The first-order valence-electron chi connectivity index (χ1n) is 4.78. The fourth-order valence-electron chi connectivity index (χ4n) is 1.05. The van der Waals surface area contributed by atoms with Crippen LogP contribution in [-0.4, -0.2) is 29.4 Å². The lowest BCUT2D eigenvalue weighted by Gasteiger charge is -2.01. The predicted molar refractivity (Wildman–Crippen MR) is 56.0 cm³/mol. The van der Waals surface area contributed by atoms with Gasteiger partial charge < -0.3 is 10.1 Å². The smallest absolute Gasteiger partial charge is 0.331 e. The summed E-state index contributed by atoms with van der Waals surface area (Å²) in [5.74, 6) is -0.352. The molecule has 0 saturated carbocycles. The van der Waals surface area contributed by atoms with Gasteiger partial charge in [0.25, 0.3) is 0 Å². The van der Waals surface area contributed by atoms with Crippen molar-refractivity contribution in [3.05, 3.63) is 30.7 Å². The van der Waals surface area contributed by atoms with E-state index in [-0.39, 0.29) is 5.97 Å². The molecule has 1 heterocycles. The molecule has 0 fully saturated rings. The molecular formula is C10H15N3O2. The van der Waals surface area contributed by atoms with Crippen molar-refractivity contribution in [1.82, 2.24) is 15.1 Å². The zero-order valence-electron chi connectivity index (χ0n) is 8.72. The molecule has 1 aromatic rings. The molecule has 0 spiro atoms. The van der Waals surface area contributed by atoms with Gasteiger partial charge in [-0.1, -0.05) is 0 Å². The van der Waals surface area contributed by atoms with Crippen LogP contribution in [-0.2, 0) is 16.1 Å². The van der Waals surface area contributed by atoms with Gasteiger partial charge in [-0.3, -0.25) is 4.68 Å². The van der Waals surface area contributed by atoms with E-state index in [9.17, 15) is 4.79 Å². The molecule has 1 aromatic heterocycles. The van der Waals surface area contributed by atoms with Gasteiger partial charge in [-0.2, -0.15) is 5.10 Å². The minimum absolute atomic E-state index is 0.352. The third-order valence-corrected chi connectivity index (χ3v) is 1.81. The second kappa shape index (κ2) is 6.64. The Morgan fingerprint density at radius 3 is 3.20 bits per heavy atom. The number of nitrogens with one attached hydrogen (secondary N) is 1. The average Bonchev–Trinajstić information content (AvgIpc) is 2.75. The van der Waals surface area contributed by atoms with Gasteiger partial charge in [0.1, 0.15) is 0 Å². The summed E-state index contributed by atoms with van der Waals surface area (Å²) in [4.78, 5) is 10.7. The lowest BCUT2D eigenvalue weighted by molar-refractivity contribution is -0.134. The van der Waals surface area contributed by atoms with E-state index in [0.717, 1.165) is 19.5 Å². The summed E-state index contributed by atoms with van der Waals surface area (Å²) in [6, 6.07) is 1.89. The molecular weight excluding hydrogens is 194 g/mol. The summed E-state index contributed by atoms with van der Waals surface area (Å²) in [5, 5.41) is 7.06. The first kappa shape index (κ1) is 11.3. The number of nitrogens with zero attached hydrogens (tertiary/aromatic N) is 2. The fourth-order valence-corrected chi connectivity index (χ4v) is 1.05. The van der Waals surface area contributed by atoms with E-state index in [4.69, 9.17) is 0 Å². The molecule has 1 N–H and O–H groups in total. The van der Waals surface area contributed by atoms with Crippen molar-refractivity contribution in [2.24, 2.45) is 0 Å². The molecule has 0 amide bonds. The van der Waals surface area contributed by atoms with Crippen molar-refractivity contribution < 1.29 is 9.53 Å². The van der Waals surface area contributed by atoms with Gasteiger partial charge in [0.2, 0.25) is 0 Å². The van der Waals surface area contributed by atoms with E-state index in [0.29, 0.717) is 0 Å². The van der Waals surface area contributed by atoms with E-state index in [1.54, 1.807) is 12.4 Å².